The molecule has 2 aromatic rings. The molecule has 3 rings (SSSR count). The minimum Gasteiger partial charge on any atom is -0.507 e. The smallest absolute Gasteiger partial charge is 0.124 e. The van der Waals surface area contributed by atoms with E-state index in [1.807, 2.05) is 44.2 Å². The molecule has 1 aliphatic rings. The van der Waals surface area contributed by atoms with E-state index in [1.54, 1.807) is 6.07 Å². The molecule has 0 unspecified atom stereocenters. The van der Waals surface area contributed by atoms with E-state index in [0.717, 1.165) is 34.6 Å². The van der Waals surface area contributed by atoms with Crippen LogP contribution >= 0.6 is 0 Å². The molecule has 0 fully saturated rings. The molecule has 2 N–H and O–H groups in total. The van der Waals surface area contributed by atoms with E-state index < -0.39 is 0 Å². The Bertz CT molecular complexity index is 710. The lowest BCUT2D eigenvalue weighted by Crippen LogP contribution is -2.12. The van der Waals surface area contributed by atoms with E-state index in [2.05, 4.69) is 16.6 Å². The van der Waals surface area contributed by atoms with Gasteiger partial charge in [0.25, 0.3) is 0 Å². The van der Waals surface area contributed by atoms with E-state index >= 15 is 0 Å². The Morgan fingerprint density at radius 2 is 2.09 bits per heavy atom. The standard InChI is InChI=1S/C18H20N2O2/c1-3-22-18-7-5-4-6-13(18)15-11-16(20-19-15)14-10-12(2)8-9-17(14)21/h4-10,15,19,21H,3,11H2,1-2H3/t15-/m1/s1. The second-order valence-corrected chi connectivity index (χ2v) is 5.44. The van der Waals surface area contributed by atoms with Crippen molar-refractivity contribution in [2.24, 2.45) is 5.10 Å². The Balaban J connectivity index is 1.84. The maximum atomic E-state index is 10.1. The van der Waals surface area contributed by atoms with Gasteiger partial charge >= 0.3 is 0 Å². The number of rotatable bonds is 4. The van der Waals surface area contributed by atoms with Crippen LogP contribution in [0.4, 0.5) is 0 Å². The molecular weight excluding hydrogens is 276 g/mol. The summed E-state index contributed by atoms with van der Waals surface area (Å²) in [6, 6.07) is 13.6. The van der Waals surface area contributed by atoms with Gasteiger partial charge in [0.05, 0.1) is 18.4 Å². The number of hydrogen-bond acceptors (Lipinski definition) is 4. The Labute approximate surface area is 130 Å². The van der Waals surface area contributed by atoms with Crippen molar-refractivity contribution in [1.82, 2.24) is 5.43 Å². The van der Waals surface area contributed by atoms with Crippen molar-refractivity contribution in [1.29, 1.82) is 0 Å². The number of hydrazone groups is 1. The van der Waals surface area contributed by atoms with Gasteiger partial charge in [0.2, 0.25) is 0 Å². The van der Waals surface area contributed by atoms with Crippen molar-refractivity contribution < 1.29 is 9.84 Å². The Morgan fingerprint density at radius 3 is 2.91 bits per heavy atom. The fraction of sp³-hybridized carbons (Fsp3) is 0.278. The predicted octanol–water partition coefficient (Wildman–Crippen LogP) is 3.54. The first-order valence-electron chi connectivity index (χ1n) is 7.53. The first-order chi connectivity index (χ1) is 10.7. The molecule has 0 amide bonds. The fourth-order valence-electron chi connectivity index (χ4n) is 2.73. The molecule has 4 nitrogen and oxygen atoms in total. The lowest BCUT2D eigenvalue weighted by Gasteiger charge is -2.15. The number of aryl methyl sites for hydroxylation is 1. The number of phenolic OH excluding ortho intramolecular Hbond substituents is 1. The third kappa shape index (κ3) is 2.77. The molecule has 0 bridgehead atoms. The highest BCUT2D eigenvalue weighted by atomic mass is 16.5. The number of nitrogens with zero attached hydrogens (tertiary/aromatic N) is 1. The quantitative estimate of drug-likeness (QED) is 0.907. The zero-order chi connectivity index (χ0) is 15.5. The number of benzene rings is 2. The van der Waals surface area contributed by atoms with Gasteiger partial charge < -0.3 is 15.3 Å². The van der Waals surface area contributed by atoms with Crippen LogP contribution in [0.5, 0.6) is 11.5 Å². The Morgan fingerprint density at radius 1 is 1.27 bits per heavy atom. The summed E-state index contributed by atoms with van der Waals surface area (Å²) in [6.07, 6.45) is 0.723. The van der Waals surface area contributed by atoms with Crippen LogP contribution < -0.4 is 10.2 Å². The normalized spacial score (nSPS) is 17.0. The molecule has 0 radical (unpaired) electrons. The van der Waals surface area contributed by atoms with Gasteiger partial charge in [-0.05, 0) is 32.0 Å². The third-order valence-electron chi connectivity index (χ3n) is 3.81. The number of phenols is 1. The van der Waals surface area contributed by atoms with Crippen LogP contribution in [0.1, 0.15) is 36.1 Å². The summed E-state index contributed by atoms with van der Waals surface area (Å²) in [6.45, 7) is 4.62. The molecule has 4 heteroatoms. The van der Waals surface area contributed by atoms with Gasteiger partial charge in [-0.15, -0.1) is 0 Å². The fourth-order valence-corrected chi connectivity index (χ4v) is 2.73. The van der Waals surface area contributed by atoms with Crippen LogP contribution in [0, 0.1) is 6.92 Å². The Hall–Kier alpha value is -2.49. The molecule has 0 saturated heterocycles. The first-order valence-corrected chi connectivity index (χ1v) is 7.53. The maximum Gasteiger partial charge on any atom is 0.124 e. The summed E-state index contributed by atoms with van der Waals surface area (Å²) in [5, 5.41) is 14.5. The average molecular weight is 296 g/mol. The van der Waals surface area contributed by atoms with Gasteiger partial charge in [0.1, 0.15) is 11.5 Å². The second-order valence-electron chi connectivity index (χ2n) is 5.44. The lowest BCUT2D eigenvalue weighted by atomic mass is 9.97. The van der Waals surface area contributed by atoms with Gasteiger partial charge in [-0.2, -0.15) is 5.10 Å². The number of ether oxygens (including phenoxy) is 1. The summed E-state index contributed by atoms with van der Waals surface area (Å²) in [5.74, 6) is 1.15. The number of nitrogens with one attached hydrogen (secondary N) is 1. The van der Waals surface area contributed by atoms with E-state index in [4.69, 9.17) is 4.74 Å². The van der Waals surface area contributed by atoms with Crippen molar-refractivity contribution in [3.8, 4) is 11.5 Å². The number of aromatic hydroxyl groups is 1. The number of para-hydroxylation sites is 1. The molecule has 1 aliphatic heterocycles. The van der Waals surface area contributed by atoms with Crippen molar-refractivity contribution in [2.45, 2.75) is 26.3 Å². The van der Waals surface area contributed by atoms with E-state index in [1.165, 1.54) is 0 Å². The highest BCUT2D eigenvalue weighted by molar-refractivity contribution is 6.04. The number of hydrogen-bond donors (Lipinski definition) is 2. The summed E-state index contributed by atoms with van der Waals surface area (Å²) in [7, 11) is 0. The second kappa shape index (κ2) is 6.10. The van der Waals surface area contributed by atoms with Crippen LogP contribution in [-0.4, -0.2) is 17.4 Å². The summed E-state index contributed by atoms with van der Waals surface area (Å²) in [4.78, 5) is 0. The molecule has 2 aromatic carbocycles. The van der Waals surface area contributed by atoms with Gasteiger partial charge in [-0.25, -0.2) is 0 Å². The zero-order valence-electron chi connectivity index (χ0n) is 12.8. The molecule has 0 aromatic heterocycles. The van der Waals surface area contributed by atoms with Gasteiger partial charge in [-0.3, -0.25) is 0 Å². The molecular formula is C18H20N2O2. The van der Waals surface area contributed by atoms with Crippen molar-refractivity contribution in [3.05, 3.63) is 59.2 Å². The molecule has 22 heavy (non-hydrogen) atoms. The van der Waals surface area contributed by atoms with E-state index in [0.29, 0.717) is 6.61 Å². The largest absolute Gasteiger partial charge is 0.507 e. The zero-order valence-corrected chi connectivity index (χ0v) is 12.8. The maximum absolute atomic E-state index is 10.1. The van der Waals surface area contributed by atoms with E-state index in [9.17, 15) is 5.11 Å². The molecule has 114 valence electrons. The van der Waals surface area contributed by atoms with Crippen molar-refractivity contribution in [3.63, 3.8) is 0 Å². The summed E-state index contributed by atoms with van der Waals surface area (Å²) >= 11 is 0. The first kappa shape index (κ1) is 14.4. The van der Waals surface area contributed by atoms with Crippen LogP contribution in [0.15, 0.2) is 47.6 Å². The summed E-state index contributed by atoms with van der Waals surface area (Å²) in [5.41, 5.74) is 7.03. The lowest BCUT2D eigenvalue weighted by molar-refractivity contribution is 0.332. The van der Waals surface area contributed by atoms with Crippen molar-refractivity contribution in [2.75, 3.05) is 6.61 Å². The highest BCUT2D eigenvalue weighted by Gasteiger charge is 2.25. The molecule has 0 spiro atoms. The monoisotopic (exact) mass is 296 g/mol. The van der Waals surface area contributed by atoms with Gasteiger partial charge in [-0.1, -0.05) is 29.8 Å². The highest BCUT2D eigenvalue weighted by Crippen LogP contribution is 2.33. The van der Waals surface area contributed by atoms with Crippen LogP contribution in [-0.2, 0) is 0 Å². The van der Waals surface area contributed by atoms with Gasteiger partial charge in [0.15, 0.2) is 0 Å². The van der Waals surface area contributed by atoms with Crippen molar-refractivity contribution >= 4 is 5.71 Å². The minimum absolute atomic E-state index is 0.0673. The summed E-state index contributed by atoms with van der Waals surface area (Å²) < 4.78 is 5.69. The van der Waals surface area contributed by atoms with Crippen LogP contribution in [0.2, 0.25) is 0 Å². The van der Waals surface area contributed by atoms with E-state index in [-0.39, 0.29) is 11.8 Å². The van der Waals surface area contributed by atoms with Crippen LogP contribution in [0.25, 0.3) is 0 Å². The predicted molar refractivity (Wildman–Crippen MR) is 87.5 cm³/mol. The van der Waals surface area contributed by atoms with Gasteiger partial charge in [0, 0.05) is 17.5 Å². The SMILES string of the molecule is CCOc1ccccc1[C@H]1CC(c2cc(C)ccc2O)=NN1. The molecule has 0 aliphatic carbocycles. The Kier molecular flexibility index (Phi) is 4.00. The third-order valence-corrected chi connectivity index (χ3v) is 3.81. The average Bonchev–Trinajstić information content (AvgIpc) is 3.00. The minimum atomic E-state index is 0.0673. The molecule has 1 atom stereocenters. The molecule has 0 saturated carbocycles. The molecule has 1 heterocycles. The van der Waals surface area contributed by atoms with Crippen LogP contribution in [0.3, 0.4) is 0 Å². The topological polar surface area (TPSA) is 53.9 Å².